The lowest BCUT2D eigenvalue weighted by Crippen LogP contribution is -2.29. The van der Waals surface area contributed by atoms with Gasteiger partial charge in [0.25, 0.3) is 0 Å². The molecule has 9 heteroatoms. The average molecular weight is 346 g/mol. The van der Waals surface area contributed by atoms with Crippen LogP contribution in [0.1, 0.15) is 17.3 Å². The second-order valence-electron chi connectivity index (χ2n) is 4.91. The number of benzene rings is 1. The number of carbonyl (C=O) groups is 1. The summed E-state index contributed by atoms with van der Waals surface area (Å²) in [6.07, 6.45) is 0. The van der Waals surface area contributed by atoms with E-state index in [1.165, 1.54) is 26.4 Å². The lowest BCUT2D eigenvalue weighted by atomic mass is 10.2. The third kappa shape index (κ3) is 5.79. The molecule has 3 N–H and O–H groups in total. The number of rotatable bonds is 10. The fraction of sp³-hybridized carbons (Fsp3) is 0.500. The second kappa shape index (κ2) is 8.82. The Morgan fingerprint density at radius 1 is 1.30 bits per heavy atom. The quantitative estimate of drug-likeness (QED) is 0.536. The monoisotopic (exact) mass is 346 g/mol. The first-order valence-corrected chi connectivity index (χ1v) is 8.41. The highest BCUT2D eigenvalue weighted by molar-refractivity contribution is 7.89. The predicted molar refractivity (Wildman–Crippen MR) is 85.4 cm³/mol. The van der Waals surface area contributed by atoms with E-state index in [9.17, 15) is 13.2 Å². The lowest BCUT2D eigenvalue weighted by molar-refractivity contribution is 0.0696. The molecular formula is C14H22N2O6S. The number of ether oxygens (including phenoxy) is 2. The third-order valence-corrected chi connectivity index (χ3v) is 4.44. The lowest BCUT2D eigenvalue weighted by Gasteiger charge is -2.18. The first-order chi connectivity index (χ1) is 10.8. The van der Waals surface area contributed by atoms with E-state index in [1.807, 2.05) is 6.92 Å². The molecule has 1 rings (SSSR count). The number of sulfonamides is 1. The summed E-state index contributed by atoms with van der Waals surface area (Å²) >= 11 is 0. The van der Waals surface area contributed by atoms with Crippen LogP contribution in [0.4, 0.5) is 5.69 Å². The number of methoxy groups -OCH3 is 2. The third-order valence-electron chi connectivity index (χ3n) is 2.93. The van der Waals surface area contributed by atoms with E-state index in [0.29, 0.717) is 12.3 Å². The van der Waals surface area contributed by atoms with Gasteiger partial charge < -0.3 is 19.9 Å². The maximum absolute atomic E-state index is 12.4. The summed E-state index contributed by atoms with van der Waals surface area (Å²) in [6.45, 7) is 2.49. The highest BCUT2D eigenvalue weighted by Gasteiger charge is 2.21. The molecule has 0 spiro atoms. The van der Waals surface area contributed by atoms with Crippen molar-refractivity contribution in [3.8, 4) is 0 Å². The number of hydrogen-bond donors (Lipinski definition) is 3. The molecule has 0 bridgehead atoms. The smallest absolute Gasteiger partial charge is 0.335 e. The van der Waals surface area contributed by atoms with Crippen LogP contribution in [0.2, 0.25) is 0 Å². The van der Waals surface area contributed by atoms with Crippen molar-refractivity contribution in [2.45, 2.75) is 17.9 Å². The van der Waals surface area contributed by atoms with E-state index in [4.69, 9.17) is 14.6 Å². The molecule has 0 saturated carbocycles. The van der Waals surface area contributed by atoms with Gasteiger partial charge in [-0.25, -0.2) is 17.9 Å². The molecule has 0 unspecified atom stereocenters. The minimum Gasteiger partial charge on any atom is -0.478 e. The Balaban J connectivity index is 3.17. The molecule has 1 aromatic rings. The Morgan fingerprint density at radius 3 is 2.57 bits per heavy atom. The number of aromatic carboxylic acids is 1. The van der Waals surface area contributed by atoms with Crippen molar-refractivity contribution in [1.29, 1.82) is 0 Å². The first-order valence-electron chi connectivity index (χ1n) is 6.93. The minimum absolute atomic E-state index is 0.0865. The van der Waals surface area contributed by atoms with Crippen LogP contribution in [0.25, 0.3) is 0 Å². The van der Waals surface area contributed by atoms with E-state index in [1.54, 1.807) is 0 Å². The van der Waals surface area contributed by atoms with Crippen LogP contribution in [-0.4, -0.2) is 59.5 Å². The number of carboxylic acids is 1. The normalized spacial score (nSPS) is 12.8. The Kier molecular flexibility index (Phi) is 7.43. The Labute approximate surface area is 135 Å². The van der Waals surface area contributed by atoms with E-state index in [2.05, 4.69) is 10.0 Å². The molecule has 0 aliphatic rings. The summed E-state index contributed by atoms with van der Waals surface area (Å²) in [4.78, 5) is 11.0. The van der Waals surface area contributed by atoms with E-state index < -0.39 is 16.0 Å². The van der Waals surface area contributed by atoms with Gasteiger partial charge in [0.15, 0.2) is 0 Å². The van der Waals surface area contributed by atoms with Crippen molar-refractivity contribution in [3.63, 3.8) is 0 Å². The van der Waals surface area contributed by atoms with Gasteiger partial charge in [-0.1, -0.05) is 0 Å². The van der Waals surface area contributed by atoms with Gasteiger partial charge in [-0.05, 0) is 25.1 Å². The van der Waals surface area contributed by atoms with Crippen molar-refractivity contribution in [2.24, 2.45) is 0 Å². The number of nitrogens with one attached hydrogen (secondary N) is 2. The summed E-state index contributed by atoms with van der Waals surface area (Å²) in [7, 11) is -0.882. The standard InChI is InChI=1S/C14H22N2O6S/c1-10(9-22-3)16-12-5-4-11(14(17)18)8-13(12)23(19,20)15-6-7-21-2/h4-5,8,10,15-16H,6-7,9H2,1-3H3,(H,17,18)/t10-/m0/s1. The van der Waals surface area contributed by atoms with Crippen LogP contribution < -0.4 is 10.0 Å². The molecular weight excluding hydrogens is 324 g/mol. The summed E-state index contributed by atoms with van der Waals surface area (Å²) in [5.74, 6) is -1.20. The second-order valence-corrected chi connectivity index (χ2v) is 6.64. The van der Waals surface area contributed by atoms with Crippen LogP contribution in [0.3, 0.4) is 0 Å². The fourth-order valence-corrected chi connectivity index (χ4v) is 3.12. The van der Waals surface area contributed by atoms with Gasteiger partial charge in [0.1, 0.15) is 4.90 Å². The summed E-state index contributed by atoms with van der Waals surface area (Å²) < 4.78 is 37.0. The first kappa shape index (κ1) is 19.4. The average Bonchev–Trinajstić information content (AvgIpc) is 2.47. The Hall–Kier alpha value is -1.68. The molecule has 1 aromatic carbocycles. The van der Waals surface area contributed by atoms with Crippen LogP contribution in [-0.2, 0) is 19.5 Å². The van der Waals surface area contributed by atoms with Crippen LogP contribution in [0.5, 0.6) is 0 Å². The largest absolute Gasteiger partial charge is 0.478 e. The molecule has 8 nitrogen and oxygen atoms in total. The molecule has 0 fully saturated rings. The maximum atomic E-state index is 12.4. The van der Waals surface area contributed by atoms with Crippen LogP contribution in [0, 0.1) is 0 Å². The summed E-state index contributed by atoms with van der Waals surface area (Å²) in [6, 6.07) is 3.75. The molecule has 0 aliphatic carbocycles. The van der Waals surface area contributed by atoms with Crippen molar-refractivity contribution < 1.29 is 27.8 Å². The van der Waals surface area contributed by atoms with E-state index in [-0.39, 0.29) is 29.7 Å². The molecule has 0 radical (unpaired) electrons. The van der Waals surface area contributed by atoms with E-state index in [0.717, 1.165) is 6.07 Å². The topological polar surface area (TPSA) is 114 Å². The molecule has 130 valence electrons. The number of carboxylic acid groups (broad SMARTS) is 1. The highest BCUT2D eigenvalue weighted by atomic mass is 32.2. The maximum Gasteiger partial charge on any atom is 0.335 e. The van der Waals surface area contributed by atoms with Gasteiger partial charge >= 0.3 is 5.97 Å². The molecule has 0 heterocycles. The molecule has 0 saturated heterocycles. The fourth-order valence-electron chi connectivity index (χ4n) is 1.91. The highest BCUT2D eigenvalue weighted by Crippen LogP contribution is 2.23. The summed E-state index contributed by atoms with van der Waals surface area (Å²) in [5, 5.41) is 12.1. The Bertz CT molecular complexity index is 632. The molecule has 0 aliphatic heterocycles. The van der Waals surface area contributed by atoms with Crippen molar-refractivity contribution in [1.82, 2.24) is 4.72 Å². The molecule has 23 heavy (non-hydrogen) atoms. The molecule has 0 aromatic heterocycles. The van der Waals surface area contributed by atoms with Gasteiger partial charge in [-0.2, -0.15) is 0 Å². The van der Waals surface area contributed by atoms with Crippen molar-refractivity contribution in [3.05, 3.63) is 23.8 Å². The molecule has 1 atom stereocenters. The zero-order chi connectivity index (χ0) is 17.5. The minimum atomic E-state index is -3.88. The van der Waals surface area contributed by atoms with Gasteiger partial charge in [-0.3, -0.25) is 0 Å². The van der Waals surface area contributed by atoms with Crippen LogP contribution >= 0.6 is 0 Å². The Morgan fingerprint density at radius 2 is 2.00 bits per heavy atom. The van der Waals surface area contributed by atoms with Gasteiger partial charge in [0.05, 0.1) is 24.5 Å². The van der Waals surface area contributed by atoms with Gasteiger partial charge in [0, 0.05) is 26.8 Å². The van der Waals surface area contributed by atoms with Crippen molar-refractivity contribution in [2.75, 3.05) is 39.3 Å². The number of anilines is 1. The van der Waals surface area contributed by atoms with Crippen molar-refractivity contribution >= 4 is 21.7 Å². The SMILES string of the molecule is COCCNS(=O)(=O)c1cc(C(=O)O)ccc1N[C@@H](C)COC. The van der Waals surface area contributed by atoms with E-state index >= 15 is 0 Å². The van der Waals surface area contributed by atoms with Gasteiger partial charge in [-0.15, -0.1) is 0 Å². The van der Waals surface area contributed by atoms with Gasteiger partial charge in [0.2, 0.25) is 10.0 Å². The predicted octanol–water partition coefficient (Wildman–Crippen LogP) is 0.756. The number of hydrogen-bond acceptors (Lipinski definition) is 6. The zero-order valence-corrected chi connectivity index (χ0v) is 14.1. The zero-order valence-electron chi connectivity index (χ0n) is 13.3. The molecule has 0 amide bonds. The summed E-state index contributed by atoms with van der Waals surface area (Å²) in [5.41, 5.74) is 0.200. The van der Waals surface area contributed by atoms with Crippen LogP contribution in [0.15, 0.2) is 23.1 Å².